The van der Waals surface area contributed by atoms with Crippen molar-refractivity contribution in [3.8, 4) is 28.7 Å². The summed E-state index contributed by atoms with van der Waals surface area (Å²) >= 11 is 0. The van der Waals surface area contributed by atoms with E-state index in [0.29, 0.717) is 29.0 Å². The summed E-state index contributed by atoms with van der Waals surface area (Å²) in [5, 5.41) is 9.27. The Kier molecular flexibility index (Phi) is 7.75. The summed E-state index contributed by atoms with van der Waals surface area (Å²) in [5.74, 6) is 0.292. The zero-order valence-electron chi connectivity index (χ0n) is 22.3. The first-order valence-electron chi connectivity index (χ1n) is 12.9. The third-order valence-electron chi connectivity index (χ3n) is 7.13. The van der Waals surface area contributed by atoms with Crippen molar-refractivity contribution >= 4 is 17.9 Å². The highest BCUT2D eigenvalue weighted by Gasteiger charge is 2.49. The third-order valence-corrected chi connectivity index (χ3v) is 7.13. The molecule has 2 atom stereocenters. The molecule has 0 N–H and O–H groups in total. The molecule has 40 heavy (non-hydrogen) atoms. The van der Waals surface area contributed by atoms with E-state index < -0.39 is 12.0 Å². The molecule has 2 amide bonds. The average Bonchev–Trinajstić information content (AvgIpc) is 3.01. The summed E-state index contributed by atoms with van der Waals surface area (Å²) in [7, 11) is 3.18. The van der Waals surface area contributed by atoms with Crippen LogP contribution in [0.3, 0.4) is 0 Å². The van der Waals surface area contributed by atoms with Crippen molar-refractivity contribution in [1.29, 1.82) is 5.26 Å². The van der Waals surface area contributed by atoms with Crippen LogP contribution in [-0.2, 0) is 11.2 Å². The number of ether oxygens (including phenoxy) is 2. The quantitative estimate of drug-likeness (QED) is 0.202. The van der Waals surface area contributed by atoms with E-state index in [1.54, 1.807) is 38.5 Å². The Hall–Kier alpha value is -5.15. The Morgan fingerprint density at radius 1 is 0.875 bits per heavy atom. The number of β-lactam (4-membered cyclic amide) rings is 1. The molecule has 4 aromatic rings. The van der Waals surface area contributed by atoms with Crippen LogP contribution in [0.4, 0.5) is 0 Å². The van der Waals surface area contributed by atoms with E-state index in [0.717, 1.165) is 22.3 Å². The first kappa shape index (κ1) is 26.5. The van der Waals surface area contributed by atoms with Crippen LogP contribution in [0.15, 0.2) is 103 Å². The Balaban J connectivity index is 1.39. The van der Waals surface area contributed by atoms with Gasteiger partial charge in [-0.1, -0.05) is 72.8 Å². The number of nitrogens with zero attached hydrogens (tertiary/aromatic N) is 2. The fourth-order valence-corrected chi connectivity index (χ4v) is 4.99. The standard InChI is InChI=1S/C34H28N2O4/c1-39-31-18-16-28(21-32(31)40-2)26-12-14-27(15-13-26)33(37)36-30(17-11-23-7-4-3-5-8-23)29(34(36)38)20-24-9-6-10-25(19-24)22-35/h3-19,21,29-30H,20H2,1-2H3/b17-11+/t29-,30-/m1/s1. The van der Waals surface area contributed by atoms with Crippen LogP contribution in [0.2, 0.25) is 0 Å². The number of imide groups is 1. The van der Waals surface area contributed by atoms with E-state index in [-0.39, 0.29) is 11.8 Å². The molecule has 0 aromatic heterocycles. The lowest BCUT2D eigenvalue weighted by Gasteiger charge is -2.44. The molecule has 4 aromatic carbocycles. The minimum Gasteiger partial charge on any atom is -0.493 e. The second-order valence-electron chi connectivity index (χ2n) is 9.54. The van der Waals surface area contributed by atoms with Crippen molar-refractivity contribution in [3.63, 3.8) is 0 Å². The van der Waals surface area contributed by atoms with Gasteiger partial charge in [-0.15, -0.1) is 0 Å². The van der Waals surface area contributed by atoms with Gasteiger partial charge in [0.2, 0.25) is 5.91 Å². The molecule has 0 saturated carbocycles. The molecule has 0 radical (unpaired) electrons. The Labute approximate surface area is 233 Å². The molecule has 6 heteroatoms. The van der Waals surface area contributed by atoms with E-state index in [1.807, 2.05) is 84.9 Å². The van der Waals surface area contributed by atoms with E-state index in [1.165, 1.54) is 4.90 Å². The zero-order valence-corrected chi connectivity index (χ0v) is 22.3. The normalized spacial score (nSPS) is 16.3. The van der Waals surface area contributed by atoms with Gasteiger partial charge in [0.15, 0.2) is 11.5 Å². The van der Waals surface area contributed by atoms with E-state index in [2.05, 4.69) is 6.07 Å². The van der Waals surface area contributed by atoms with Crippen LogP contribution in [0.25, 0.3) is 17.2 Å². The summed E-state index contributed by atoms with van der Waals surface area (Å²) in [6.45, 7) is 0. The molecular formula is C34H28N2O4. The molecule has 198 valence electrons. The molecule has 1 aliphatic rings. The van der Waals surface area contributed by atoms with Crippen molar-refractivity contribution in [3.05, 3.63) is 125 Å². The number of hydrogen-bond donors (Lipinski definition) is 0. The molecule has 1 saturated heterocycles. The number of amides is 2. The fraction of sp³-hybridized carbons (Fsp3) is 0.147. The summed E-state index contributed by atoms with van der Waals surface area (Å²) in [6, 6.07) is 31.6. The monoisotopic (exact) mass is 528 g/mol. The molecular weight excluding hydrogens is 500 g/mol. The van der Waals surface area contributed by atoms with Gasteiger partial charge in [0.1, 0.15) is 0 Å². The SMILES string of the molecule is COc1ccc(-c2ccc(C(=O)N3C(=O)[C@H](Cc4cccc(C#N)c4)[C@H]3/C=C/c3ccccc3)cc2)cc1OC. The van der Waals surface area contributed by atoms with Gasteiger partial charge in [0, 0.05) is 5.56 Å². The molecule has 6 nitrogen and oxygen atoms in total. The van der Waals surface area contributed by atoms with Crippen molar-refractivity contribution < 1.29 is 19.1 Å². The largest absolute Gasteiger partial charge is 0.493 e. The average molecular weight is 529 g/mol. The maximum Gasteiger partial charge on any atom is 0.261 e. The van der Waals surface area contributed by atoms with Crippen molar-refractivity contribution in [2.24, 2.45) is 5.92 Å². The first-order valence-corrected chi connectivity index (χ1v) is 12.9. The van der Waals surface area contributed by atoms with E-state index in [9.17, 15) is 14.9 Å². The number of hydrogen-bond acceptors (Lipinski definition) is 5. The maximum atomic E-state index is 13.6. The lowest BCUT2D eigenvalue weighted by molar-refractivity contribution is -0.147. The van der Waals surface area contributed by atoms with Crippen molar-refractivity contribution in [1.82, 2.24) is 4.90 Å². The van der Waals surface area contributed by atoms with Crippen LogP contribution < -0.4 is 9.47 Å². The highest BCUT2D eigenvalue weighted by Crippen LogP contribution is 2.35. The molecule has 0 spiro atoms. The summed E-state index contributed by atoms with van der Waals surface area (Å²) in [4.78, 5) is 28.3. The predicted octanol–water partition coefficient (Wildman–Crippen LogP) is 6.17. The van der Waals surface area contributed by atoms with Gasteiger partial charge in [0.25, 0.3) is 5.91 Å². The van der Waals surface area contributed by atoms with E-state index >= 15 is 0 Å². The molecule has 1 fully saturated rings. The minimum absolute atomic E-state index is 0.223. The number of nitriles is 1. The molecule has 5 rings (SSSR count). The van der Waals surface area contributed by atoms with Gasteiger partial charge in [-0.2, -0.15) is 5.26 Å². The molecule has 1 heterocycles. The number of rotatable bonds is 8. The summed E-state index contributed by atoms with van der Waals surface area (Å²) in [6.07, 6.45) is 4.31. The second kappa shape index (κ2) is 11.7. The smallest absolute Gasteiger partial charge is 0.261 e. The van der Waals surface area contributed by atoms with Crippen LogP contribution in [0, 0.1) is 17.2 Å². The van der Waals surface area contributed by atoms with Crippen LogP contribution in [0.5, 0.6) is 11.5 Å². The van der Waals surface area contributed by atoms with Gasteiger partial charge in [-0.05, 0) is 65.1 Å². The molecule has 0 aliphatic carbocycles. The summed E-state index contributed by atoms with van der Waals surface area (Å²) in [5.41, 5.74) is 4.67. The van der Waals surface area contributed by atoms with Gasteiger partial charge in [-0.25, -0.2) is 0 Å². The van der Waals surface area contributed by atoms with Gasteiger partial charge in [0.05, 0.1) is 37.8 Å². The number of benzene rings is 4. The fourth-order valence-electron chi connectivity index (χ4n) is 4.99. The molecule has 0 unspecified atom stereocenters. The highest BCUT2D eigenvalue weighted by atomic mass is 16.5. The summed E-state index contributed by atoms with van der Waals surface area (Å²) < 4.78 is 10.7. The topological polar surface area (TPSA) is 79.6 Å². The number of carbonyl (C=O) groups excluding carboxylic acids is 2. The highest BCUT2D eigenvalue weighted by molar-refractivity contribution is 6.10. The van der Waals surface area contributed by atoms with Crippen LogP contribution in [-0.4, -0.2) is 37.0 Å². The Bertz CT molecular complexity index is 1600. The van der Waals surface area contributed by atoms with Gasteiger partial charge in [-0.3, -0.25) is 14.5 Å². The van der Waals surface area contributed by atoms with E-state index in [4.69, 9.17) is 9.47 Å². The lowest BCUT2D eigenvalue weighted by atomic mass is 9.81. The van der Waals surface area contributed by atoms with Gasteiger partial charge < -0.3 is 9.47 Å². The lowest BCUT2D eigenvalue weighted by Crippen LogP contribution is -2.62. The Morgan fingerprint density at radius 3 is 2.30 bits per heavy atom. The molecule has 1 aliphatic heterocycles. The molecule has 0 bridgehead atoms. The number of methoxy groups -OCH3 is 2. The minimum atomic E-state index is -0.406. The van der Waals surface area contributed by atoms with Crippen molar-refractivity contribution in [2.75, 3.05) is 14.2 Å². The zero-order chi connectivity index (χ0) is 28.1. The second-order valence-corrected chi connectivity index (χ2v) is 9.54. The van der Waals surface area contributed by atoms with Crippen LogP contribution in [0.1, 0.15) is 27.0 Å². The maximum absolute atomic E-state index is 13.6. The number of likely N-dealkylation sites (tertiary alicyclic amines) is 1. The first-order chi connectivity index (χ1) is 19.5. The van der Waals surface area contributed by atoms with Crippen LogP contribution >= 0.6 is 0 Å². The van der Waals surface area contributed by atoms with Gasteiger partial charge >= 0.3 is 0 Å². The predicted molar refractivity (Wildman–Crippen MR) is 154 cm³/mol. The third kappa shape index (κ3) is 5.36. The van der Waals surface area contributed by atoms with Crippen molar-refractivity contribution in [2.45, 2.75) is 12.5 Å². The number of carbonyl (C=O) groups is 2. The Morgan fingerprint density at radius 2 is 1.60 bits per heavy atom.